The fourth-order valence-electron chi connectivity index (χ4n) is 3.26. The highest BCUT2D eigenvalue weighted by atomic mass is 19.1. The molecule has 2 heterocycles. The first-order valence-corrected chi connectivity index (χ1v) is 7.64. The van der Waals surface area contributed by atoms with Gasteiger partial charge >= 0.3 is 0 Å². The van der Waals surface area contributed by atoms with Crippen molar-refractivity contribution >= 4 is 33.6 Å². The minimum absolute atomic E-state index is 0.0949. The van der Waals surface area contributed by atoms with Gasteiger partial charge in [0.2, 0.25) is 5.95 Å². The normalized spacial score (nSPS) is 11.3. The van der Waals surface area contributed by atoms with E-state index in [2.05, 4.69) is 9.97 Å². The number of aromatic nitrogens is 3. The second-order valence-corrected chi connectivity index (χ2v) is 5.82. The lowest BCUT2D eigenvalue weighted by molar-refractivity contribution is 0.415. The van der Waals surface area contributed by atoms with Gasteiger partial charge in [0.15, 0.2) is 0 Å². The maximum atomic E-state index is 13.9. The number of aryl methyl sites for hydroxylation is 1. The number of nitrogen functional groups attached to an aromatic ring is 2. The second kappa shape index (κ2) is 5.34. The Morgan fingerprint density at radius 3 is 2.64 bits per heavy atom. The molecule has 7 heteroatoms. The zero-order valence-corrected chi connectivity index (χ0v) is 13.7. The van der Waals surface area contributed by atoms with Crippen molar-refractivity contribution in [1.82, 2.24) is 14.5 Å². The van der Waals surface area contributed by atoms with Crippen LogP contribution in [0.15, 0.2) is 36.5 Å². The third-order valence-corrected chi connectivity index (χ3v) is 4.31. The molecule has 0 amide bonds. The van der Waals surface area contributed by atoms with Crippen LogP contribution in [0.25, 0.3) is 32.9 Å². The molecule has 2 aromatic heterocycles. The first-order chi connectivity index (χ1) is 12.0. The minimum atomic E-state index is -0.347. The Labute approximate surface area is 142 Å². The van der Waals surface area contributed by atoms with Crippen LogP contribution >= 0.6 is 0 Å². The van der Waals surface area contributed by atoms with E-state index in [9.17, 15) is 4.39 Å². The zero-order chi connectivity index (χ0) is 17.7. The number of hydrogen-bond donors (Lipinski definition) is 2. The molecule has 2 aromatic carbocycles. The molecule has 0 spiro atoms. The first kappa shape index (κ1) is 15.2. The minimum Gasteiger partial charge on any atom is -0.496 e. The Kier molecular flexibility index (Phi) is 3.24. The highest BCUT2D eigenvalue weighted by Gasteiger charge is 2.18. The van der Waals surface area contributed by atoms with Crippen LogP contribution in [-0.2, 0) is 7.05 Å². The second-order valence-electron chi connectivity index (χ2n) is 5.82. The summed E-state index contributed by atoms with van der Waals surface area (Å²) in [5.74, 6) is 0.632. The van der Waals surface area contributed by atoms with E-state index in [1.165, 1.54) is 12.1 Å². The molecule has 25 heavy (non-hydrogen) atoms. The zero-order valence-electron chi connectivity index (χ0n) is 13.7. The fourth-order valence-corrected chi connectivity index (χ4v) is 3.26. The number of benzene rings is 2. The molecule has 126 valence electrons. The molecule has 0 saturated heterocycles. The van der Waals surface area contributed by atoms with Crippen LogP contribution in [0, 0.1) is 5.82 Å². The molecule has 4 aromatic rings. The summed E-state index contributed by atoms with van der Waals surface area (Å²) in [4.78, 5) is 8.36. The topological polar surface area (TPSA) is 92.0 Å². The van der Waals surface area contributed by atoms with Crippen molar-refractivity contribution in [2.24, 2.45) is 7.05 Å². The molecule has 0 fully saturated rings. The van der Waals surface area contributed by atoms with Crippen LogP contribution in [0.3, 0.4) is 0 Å². The molecule has 0 radical (unpaired) electrons. The summed E-state index contributed by atoms with van der Waals surface area (Å²) < 4.78 is 21.3. The number of nitrogens with two attached hydrogens (primary N) is 2. The molecule has 0 bridgehead atoms. The Hall–Kier alpha value is -3.35. The lowest BCUT2D eigenvalue weighted by atomic mass is 9.99. The van der Waals surface area contributed by atoms with Crippen LogP contribution in [0.1, 0.15) is 0 Å². The van der Waals surface area contributed by atoms with Gasteiger partial charge in [0.25, 0.3) is 0 Å². The third-order valence-electron chi connectivity index (χ3n) is 4.31. The summed E-state index contributed by atoms with van der Waals surface area (Å²) >= 11 is 0. The van der Waals surface area contributed by atoms with Crippen molar-refractivity contribution in [1.29, 1.82) is 0 Å². The molecule has 4 N–H and O–H groups in total. The van der Waals surface area contributed by atoms with Gasteiger partial charge in [-0.3, -0.25) is 0 Å². The molecule has 0 aliphatic heterocycles. The lowest BCUT2D eigenvalue weighted by Gasteiger charge is -2.14. The van der Waals surface area contributed by atoms with Crippen LogP contribution < -0.4 is 16.2 Å². The number of hydrogen-bond acceptors (Lipinski definition) is 5. The monoisotopic (exact) mass is 337 g/mol. The quantitative estimate of drug-likeness (QED) is 0.586. The van der Waals surface area contributed by atoms with E-state index < -0.39 is 0 Å². The van der Waals surface area contributed by atoms with Gasteiger partial charge in [-0.05, 0) is 30.3 Å². The molecule has 6 nitrogen and oxygen atoms in total. The summed E-state index contributed by atoms with van der Waals surface area (Å²) in [6.45, 7) is 0. The standard InChI is InChI=1S/C18H16FN5O/c1-24-6-5-10-15-13(22-18(21)23-17(15)20)8-12(16(10)24)11-7-9(19)3-4-14(11)25-2/h3-8H,1-2H3,(H4,20,21,22,23). The van der Waals surface area contributed by atoms with Crippen molar-refractivity contribution in [3.63, 3.8) is 0 Å². The molecule has 0 saturated carbocycles. The van der Waals surface area contributed by atoms with E-state index in [-0.39, 0.29) is 11.8 Å². The van der Waals surface area contributed by atoms with Crippen molar-refractivity contribution in [2.45, 2.75) is 0 Å². The Bertz CT molecular complexity index is 1140. The van der Waals surface area contributed by atoms with E-state index >= 15 is 0 Å². The summed E-state index contributed by atoms with van der Waals surface area (Å²) in [5, 5.41) is 1.60. The van der Waals surface area contributed by atoms with Gasteiger partial charge < -0.3 is 20.8 Å². The summed E-state index contributed by atoms with van der Waals surface area (Å²) in [5.41, 5.74) is 14.7. The summed E-state index contributed by atoms with van der Waals surface area (Å²) in [6, 6.07) is 8.18. The average Bonchev–Trinajstić information content (AvgIpc) is 2.95. The van der Waals surface area contributed by atoms with Gasteiger partial charge in [0.05, 0.1) is 23.5 Å². The lowest BCUT2D eigenvalue weighted by Crippen LogP contribution is -2.02. The van der Waals surface area contributed by atoms with Crippen LogP contribution in [-0.4, -0.2) is 21.6 Å². The van der Waals surface area contributed by atoms with Crippen LogP contribution in [0.5, 0.6) is 5.75 Å². The number of rotatable bonds is 2. The fraction of sp³-hybridized carbons (Fsp3) is 0.111. The molecule has 0 aliphatic rings. The number of halogens is 1. The molecule has 0 atom stereocenters. The number of anilines is 2. The molecule has 4 rings (SSSR count). The molecule has 0 unspecified atom stereocenters. The first-order valence-electron chi connectivity index (χ1n) is 7.64. The summed E-state index contributed by atoms with van der Waals surface area (Å²) in [6.07, 6.45) is 1.91. The molecular weight excluding hydrogens is 321 g/mol. The Balaban J connectivity index is 2.20. The number of methoxy groups -OCH3 is 1. The predicted octanol–water partition coefficient (Wildman–Crippen LogP) is 3.10. The van der Waals surface area contributed by atoms with Crippen molar-refractivity contribution in [3.8, 4) is 16.9 Å². The largest absolute Gasteiger partial charge is 0.496 e. The SMILES string of the molecule is COc1ccc(F)cc1-c1cc2nc(N)nc(N)c2c2ccn(C)c12. The van der Waals surface area contributed by atoms with Crippen molar-refractivity contribution in [2.75, 3.05) is 18.6 Å². The number of ether oxygens (including phenoxy) is 1. The maximum Gasteiger partial charge on any atom is 0.222 e. The smallest absolute Gasteiger partial charge is 0.222 e. The van der Waals surface area contributed by atoms with Crippen molar-refractivity contribution < 1.29 is 9.13 Å². The summed E-state index contributed by atoms with van der Waals surface area (Å²) in [7, 11) is 3.47. The molecule has 0 aliphatic carbocycles. The number of nitrogens with zero attached hydrogens (tertiary/aromatic N) is 3. The highest BCUT2D eigenvalue weighted by molar-refractivity contribution is 6.15. The maximum absolute atomic E-state index is 13.9. The van der Waals surface area contributed by atoms with E-state index in [0.717, 1.165) is 21.9 Å². The van der Waals surface area contributed by atoms with Crippen LogP contribution in [0.4, 0.5) is 16.2 Å². The van der Waals surface area contributed by atoms with Gasteiger partial charge in [0, 0.05) is 29.8 Å². The van der Waals surface area contributed by atoms with Gasteiger partial charge in [0.1, 0.15) is 17.4 Å². The van der Waals surface area contributed by atoms with Gasteiger partial charge in [-0.25, -0.2) is 9.37 Å². The van der Waals surface area contributed by atoms with E-state index in [0.29, 0.717) is 22.6 Å². The predicted molar refractivity (Wildman–Crippen MR) is 96.8 cm³/mol. The van der Waals surface area contributed by atoms with E-state index in [4.69, 9.17) is 16.2 Å². The number of fused-ring (bicyclic) bond motifs is 3. The molecular formula is C18H16FN5O. The van der Waals surface area contributed by atoms with Crippen LogP contribution in [0.2, 0.25) is 0 Å². The Morgan fingerprint density at radius 1 is 1.08 bits per heavy atom. The van der Waals surface area contributed by atoms with E-state index in [1.54, 1.807) is 13.2 Å². The van der Waals surface area contributed by atoms with E-state index in [1.807, 2.05) is 29.9 Å². The van der Waals surface area contributed by atoms with Gasteiger partial charge in [-0.15, -0.1) is 0 Å². The third kappa shape index (κ3) is 2.24. The average molecular weight is 337 g/mol. The van der Waals surface area contributed by atoms with Crippen molar-refractivity contribution in [3.05, 3.63) is 42.3 Å². The highest BCUT2D eigenvalue weighted by Crippen LogP contribution is 2.40. The Morgan fingerprint density at radius 2 is 1.88 bits per heavy atom. The van der Waals surface area contributed by atoms with Gasteiger partial charge in [-0.2, -0.15) is 4.98 Å². The van der Waals surface area contributed by atoms with Gasteiger partial charge in [-0.1, -0.05) is 0 Å².